The Morgan fingerprint density at radius 3 is 1.87 bits per heavy atom. The lowest BCUT2D eigenvalue weighted by molar-refractivity contribution is -0.298. The van der Waals surface area contributed by atoms with Gasteiger partial charge in [-0.05, 0) is 26.0 Å². The third-order valence-electron chi connectivity index (χ3n) is 3.66. The Hall–Kier alpha value is -2.19. The third kappa shape index (κ3) is 2.75. The van der Waals surface area contributed by atoms with Crippen molar-refractivity contribution in [3.05, 3.63) is 41.6 Å². The van der Waals surface area contributed by atoms with Crippen molar-refractivity contribution in [1.82, 2.24) is 9.78 Å². The SMILES string of the molecule is Cc1ccc(-n2nc(C(C)(C(F)(F)F)C(F)(F)F)cc2N)cc1. The van der Waals surface area contributed by atoms with Crippen molar-refractivity contribution in [1.29, 1.82) is 0 Å². The molecule has 0 spiro atoms. The first-order valence-corrected chi connectivity index (χ1v) is 6.44. The van der Waals surface area contributed by atoms with Crippen molar-refractivity contribution in [3.63, 3.8) is 0 Å². The number of hydrogen-bond acceptors (Lipinski definition) is 2. The number of benzene rings is 1. The molecule has 23 heavy (non-hydrogen) atoms. The molecule has 2 N–H and O–H groups in total. The first-order chi connectivity index (χ1) is 10.4. The molecule has 0 bridgehead atoms. The zero-order chi connectivity index (χ0) is 17.6. The molecule has 126 valence electrons. The van der Waals surface area contributed by atoms with E-state index in [2.05, 4.69) is 5.10 Å². The highest BCUT2D eigenvalue weighted by Crippen LogP contribution is 2.51. The van der Waals surface area contributed by atoms with Crippen molar-refractivity contribution in [2.24, 2.45) is 0 Å². The second-order valence-electron chi connectivity index (χ2n) is 5.32. The van der Waals surface area contributed by atoms with Gasteiger partial charge in [0, 0.05) is 6.07 Å². The average Bonchev–Trinajstić information content (AvgIpc) is 2.78. The number of rotatable bonds is 2. The van der Waals surface area contributed by atoms with Crippen molar-refractivity contribution in [2.75, 3.05) is 5.73 Å². The van der Waals surface area contributed by atoms with Gasteiger partial charge in [0.2, 0.25) is 5.41 Å². The fraction of sp³-hybridized carbons (Fsp3) is 0.357. The summed E-state index contributed by atoms with van der Waals surface area (Å²) in [4.78, 5) is 0. The van der Waals surface area contributed by atoms with Gasteiger partial charge in [0.1, 0.15) is 5.82 Å². The van der Waals surface area contributed by atoms with Crippen LogP contribution in [0.5, 0.6) is 0 Å². The van der Waals surface area contributed by atoms with Gasteiger partial charge in [-0.2, -0.15) is 31.4 Å². The van der Waals surface area contributed by atoms with Crippen molar-refractivity contribution in [2.45, 2.75) is 31.6 Å². The Morgan fingerprint density at radius 1 is 0.957 bits per heavy atom. The van der Waals surface area contributed by atoms with Gasteiger partial charge >= 0.3 is 12.4 Å². The summed E-state index contributed by atoms with van der Waals surface area (Å²) in [5.41, 5.74) is 1.39. The Labute approximate surface area is 127 Å². The summed E-state index contributed by atoms with van der Waals surface area (Å²) in [7, 11) is 0. The molecule has 0 saturated carbocycles. The lowest BCUT2D eigenvalue weighted by atomic mass is 9.85. The average molecular weight is 337 g/mol. The number of aromatic nitrogens is 2. The van der Waals surface area contributed by atoms with Crippen LogP contribution in [0.3, 0.4) is 0 Å². The summed E-state index contributed by atoms with van der Waals surface area (Å²) < 4.78 is 79.3. The van der Waals surface area contributed by atoms with E-state index in [9.17, 15) is 26.3 Å². The van der Waals surface area contributed by atoms with Crippen LogP contribution in [0, 0.1) is 6.92 Å². The summed E-state index contributed by atoms with van der Waals surface area (Å²) in [5, 5.41) is 3.47. The normalized spacial score (nSPS) is 13.4. The minimum absolute atomic E-state index is 0.0499. The van der Waals surface area contributed by atoms with Crippen LogP contribution >= 0.6 is 0 Å². The van der Waals surface area contributed by atoms with E-state index in [0.29, 0.717) is 6.07 Å². The summed E-state index contributed by atoms with van der Waals surface area (Å²) in [6, 6.07) is 6.88. The molecule has 0 atom stereocenters. The molecule has 1 heterocycles. The molecule has 0 radical (unpaired) electrons. The van der Waals surface area contributed by atoms with E-state index in [4.69, 9.17) is 5.73 Å². The van der Waals surface area contributed by atoms with Crippen molar-refractivity contribution in [3.8, 4) is 5.69 Å². The highest BCUT2D eigenvalue weighted by Gasteiger charge is 2.70. The topological polar surface area (TPSA) is 43.8 Å². The lowest BCUT2D eigenvalue weighted by Gasteiger charge is -2.32. The molecule has 1 aromatic carbocycles. The largest absolute Gasteiger partial charge is 0.408 e. The summed E-state index contributed by atoms with van der Waals surface area (Å²) in [6.45, 7) is 1.83. The molecule has 0 saturated heterocycles. The van der Waals surface area contributed by atoms with Gasteiger partial charge in [-0.1, -0.05) is 17.7 Å². The zero-order valence-corrected chi connectivity index (χ0v) is 12.1. The van der Waals surface area contributed by atoms with Crippen LogP contribution in [0.1, 0.15) is 18.2 Å². The third-order valence-corrected chi connectivity index (χ3v) is 3.66. The predicted molar refractivity (Wildman–Crippen MR) is 72.2 cm³/mol. The van der Waals surface area contributed by atoms with E-state index in [0.717, 1.165) is 10.2 Å². The molecule has 0 amide bonds. The molecular formula is C14H13F6N3. The monoisotopic (exact) mass is 337 g/mol. The summed E-state index contributed by atoms with van der Waals surface area (Å²) >= 11 is 0. The standard InChI is InChI=1S/C14H13F6N3/c1-8-3-5-9(6-4-8)23-11(21)7-10(22-23)12(2,13(15,16)17)14(18,19)20/h3-7H,21H2,1-2H3. The lowest BCUT2D eigenvalue weighted by Crippen LogP contribution is -2.51. The Kier molecular flexibility index (Phi) is 3.86. The quantitative estimate of drug-likeness (QED) is 0.837. The number of nitrogen functional groups attached to an aromatic ring is 1. The van der Waals surface area contributed by atoms with Crippen LogP contribution in [0.4, 0.5) is 32.2 Å². The molecule has 0 unspecified atom stereocenters. The molecule has 3 nitrogen and oxygen atoms in total. The van der Waals surface area contributed by atoms with Crippen molar-refractivity contribution >= 4 is 5.82 Å². The zero-order valence-electron chi connectivity index (χ0n) is 12.1. The maximum Gasteiger partial charge on any atom is 0.408 e. The Morgan fingerprint density at radius 2 is 1.43 bits per heavy atom. The van der Waals surface area contributed by atoms with Gasteiger partial charge in [0.15, 0.2) is 0 Å². The van der Waals surface area contributed by atoms with Gasteiger partial charge < -0.3 is 5.73 Å². The van der Waals surface area contributed by atoms with Crippen LogP contribution < -0.4 is 5.73 Å². The molecule has 2 rings (SSSR count). The molecule has 0 aliphatic heterocycles. The molecule has 9 heteroatoms. The van der Waals surface area contributed by atoms with Gasteiger partial charge in [0.25, 0.3) is 0 Å². The van der Waals surface area contributed by atoms with E-state index in [1.54, 1.807) is 19.1 Å². The summed E-state index contributed by atoms with van der Waals surface area (Å²) in [6.07, 6.45) is -11.1. The fourth-order valence-electron chi connectivity index (χ4n) is 1.98. The number of halogens is 6. The van der Waals surface area contributed by atoms with E-state index < -0.39 is 23.5 Å². The van der Waals surface area contributed by atoms with Crippen LogP contribution in [0.25, 0.3) is 5.69 Å². The molecule has 0 fully saturated rings. The molecule has 0 aliphatic carbocycles. The van der Waals surface area contributed by atoms with E-state index >= 15 is 0 Å². The van der Waals surface area contributed by atoms with E-state index in [1.165, 1.54) is 12.1 Å². The van der Waals surface area contributed by atoms with Crippen LogP contribution in [-0.2, 0) is 5.41 Å². The Balaban J connectivity index is 2.61. The van der Waals surface area contributed by atoms with Gasteiger partial charge in [0.05, 0.1) is 11.4 Å². The van der Waals surface area contributed by atoms with Crippen LogP contribution in [0.2, 0.25) is 0 Å². The van der Waals surface area contributed by atoms with Crippen LogP contribution in [0.15, 0.2) is 30.3 Å². The van der Waals surface area contributed by atoms with E-state index in [-0.39, 0.29) is 18.4 Å². The first kappa shape index (κ1) is 17.2. The fourth-order valence-corrected chi connectivity index (χ4v) is 1.98. The molecule has 0 aliphatic rings. The second kappa shape index (κ2) is 5.17. The van der Waals surface area contributed by atoms with Gasteiger partial charge in [-0.25, -0.2) is 4.68 Å². The second-order valence-corrected chi connectivity index (χ2v) is 5.32. The minimum Gasteiger partial charge on any atom is -0.384 e. The number of nitrogens with two attached hydrogens (primary N) is 1. The summed E-state index contributed by atoms with van der Waals surface area (Å²) in [5.74, 6) is -0.316. The van der Waals surface area contributed by atoms with E-state index in [1.807, 2.05) is 0 Å². The minimum atomic E-state index is -5.57. The molecule has 2 aromatic rings. The predicted octanol–water partition coefficient (Wildman–Crippen LogP) is 4.15. The molecular weight excluding hydrogens is 324 g/mol. The van der Waals surface area contributed by atoms with Gasteiger partial charge in [-0.15, -0.1) is 0 Å². The van der Waals surface area contributed by atoms with Gasteiger partial charge in [-0.3, -0.25) is 0 Å². The number of aryl methyl sites for hydroxylation is 1. The smallest absolute Gasteiger partial charge is 0.384 e. The number of nitrogens with zero attached hydrogens (tertiary/aromatic N) is 2. The maximum atomic E-state index is 13.1. The maximum absolute atomic E-state index is 13.1. The number of anilines is 1. The molecule has 1 aromatic heterocycles. The Bertz CT molecular complexity index is 683. The number of alkyl halides is 6. The highest BCUT2D eigenvalue weighted by atomic mass is 19.4. The first-order valence-electron chi connectivity index (χ1n) is 6.44. The van der Waals surface area contributed by atoms with Crippen LogP contribution in [-0.4, -0.2) is 22.1 Å². The van der Waals surface area contributed by atoms with Crippen molar-refractivity contribution < 1.29 is 26.3 Å². The highest BCUT2D eigenvalue weighted by molar-refractivity contribution is 5.45. The number of hydrogen-bond donors (Lipinski definition) is 1.